The molecular weight excluding hydrogens is 233 g/mol. The van der Waals surface area contributed by atoms with Gasteiger partial charge in [-0.1, -0.05) is 26.3 Å². The molecule has 0 N–H and O–H groups in total. The van der Waals surface area contributed by atoms with E-state index in [4.69, 9.17) is 0 Å². The summed E-state index contributed by atoms with van der Waals surface area (Å²) in [4.78, 5) is 0. The third-order valence-corrected chi connectivity index (χ3v) is 1.36. The van der Waals surface area contributed by atoms with E-state index in [1.165, 1.54) is 4.17 Å². The van der Waals surface area contributed by atoms with Gasteiger partial charge in [-0.15, -0.1) is 11.5 Å². The van der Waals surface area contributed by atoms with Crippen LogP contribution in [-0.4, -0.2) is 0 Å². The molecule has 0 unspecified atom stereocenters. The Balaban J connectivity index is -0.0000000333. The van der Waals surface area contributed by atoms with E-state index >= 15 is 0 Å². The van der Waals surface area contributed by atoms with Gasteiger partial charge < -0.3 is 4.28 Å². The van der Waals surface area contributed by atoms with Gasteiger partial charge in [-0.25, -0.2) is 0 Å². The summed E-state index contributed by atoms with van der Waals surface area (Å²) >= 11 is 2.59. The molecule has 0 aromatic carbocycles. The molecule has 0 amide bonds. The first-order chi connectivity index (χ1) is 5.72. The van der Waals surface area contributed by atoms with Gasteiger partial charge in [-0.2, -0.15) is 0 Å². The third-order valence-electron chi connectivity index (χ3n) is 0.717. The maximum atomic E-state index is 3.12. The summed E-state index contributed by atoms with van der Waals surface area (Å²) in [6.07, 6.45) is 7.46. The first-order valence-electron chi connectivity index (χ1n) is 3.31. The van der Waals surface area contributed by atoms with Gasteiger partial charge in [-0.05, 0) is 0 Å². The Hall–Kier alpha value is -0.857. The van der Waals surface area contributed by atoms with Crippen molar-refractivity contribution in [2.75, 3.05) is 0 Å². The summed E-state index contributed by atoms with van der Waals surface area (Å²) in [6.45, 7) is 12.5. The Labute approximate surface area is 89.5 Å². The van der Waals surface area contributed by atoms with Crippen LogP contribution in [0.2, 0.25) is 0 Å². The Morgan fingerprint density at radius 3 is 1.75 bits per heavy atom. The third kappa shape index (κ3) is 16.1. The van der Waals surface area contributed by atoms with E-state index in [9.17, 15) is 0 Å². The molecule has 0 bridgehead atoms. The van der Waals surface area contributed by atoms with Crippen LogP contribution in [-0.2, 0) is 18.3 Å². The summed E-state index contributed by atoms with van der Waals surface area (Å²) in [7, 11) is 0. The van der Waals surface area contributed by atoms with Crippen LogP contribution in [0.15, 0.2) is 60.2 Å². The van der Waals surface area contributed by atoms with Crippen molar-refractivity contribution in [1.82, 2.24) is 0 Å². The fourth-order valence-corrected chi connectivity index (χ4v) is 0.788. The molecular formula is C11H16Ru. The number of rotatable bonds is 0. The van der Waals surface area contributed by atoms with Crippen LogP contribution in [0.1, 0.15) is 10.7 Å². The van der Waals surface area contributed by atoms with Crippen molar-refractivity contribution >= 4 is 0 Å². The predicted octanol–water partition coefficient (Wildman–Crippen LogP) is 3.63. The van der Waals surface area contributed by atoms with Crippen LogP contribution < -0.4 is 0 Å². The Kier molecular flexibility index (Phi) is 14.6. The van der Waals surface area contributed by atoms with Crippen molar-refractivity contribution in [2.45, 2.75) is 6.42 Å². The van der Waals surface area contributed by atoms with Crippen LogP contribution in [0.25, 0.3) is 0 Å². The normalized spacial score (nSPS) is 10.5. The van der Waals surface area contributed by atoms with Crippen LogP contribution in [0, 0.1) is 0 Å². The van der Waals surface area contributed by atoms with Crippen molar-refractivity contribution in [2.24, 2.45) is 0 Å². The predicted molar refractivity (Wildman–Crippen MR) is 54.7 cm³/mol. The topological polar surface area (TPSA) is 0 Å². The Morgan fingerprint density at radius 1 is 1.25 bits per heavy atom. The van der Waals surface area contributed by atoms with E-state index < -0.39 is 0 Å². The van der Waals surface area contributed by atoms with Gasteiger partial charge in [0.1, 0.15) is 0 Å². The molecule has 0 saturated heterocycles. The standard InChI is InChI=1S/C5H5.2C3H4.Ru.3H/c1-2-4-5-3-1;2*1-3-2;;;;/h1-3H,4H2;2*1-2H2;;;;/q;;;+3;3*-1. The van der Waals surface area contributed by atoms with E-state index in [2.05, 4.69) is 74.3 Å². The van der Waals surface area contributed by atoms with Crippen molar-refractivity contribution in [1.29, 1.82) is 0 Å². The van der Waals surface area contributed by atoms with Gasteiger partial charge >= 0.3 is 47.1 Å². The minimum atomic E-state index is 0. The van der Waals surface area contributed by atoms with Gasteiger partial charge in [0.25, 0.3) is 0 Å². The van der Waals surface area contributed by atoms with Gasteiger partial charge in [0, 0.05) is 0 Å². The number of hydrogen-bond donors (Lipinski definition) is 0. The van der Waals surface area contributed by atoms with Gasteiger partial charge in [0.2, 0.25) is 0 Å². The minimum absolute atomic E-state index is 0. The Morgan fingerprint density at radius 2 is 1.67 bits per heavy atom. The van der Waals surface area contributed by atoms with E-state index in [0.29, 0.717) is 0 Å². The van der Waals surface area contributed by atoms with Crippen LogP contribution in [0.3, 0.4) is 0 Å². The van der Waals surface area contributed by atoms with E-state index in [-0.39, 0.29) is 4.28 Å². The molecule has 1 aliphatic carbocycles. The number of allylic oxidation sites excluding steroid dienone is 4. The quantitative estimate of drug-likeness (QED) is 0.454. The molecule has 0 heterocycles. The molecule has 0 aromatic rings. The molecule has 0 radical (unpaired) electrons. The first kappa shape index (κ1) is 13.7. The Bertz CT molecular complexity index is 218. The molecule has 1 heteroatoms. The monoisotopic (exact) mass is 250 g/mol. The van der Waals surface area contributed by atoms with Crippen LogP contribution in [0.5, 0.6) is 0 Å². The van der Waals surface area contributed by atoms with Crippen LogP contribution in [0.4, 0.5) is 0 Å². The van der Waals surface area contributed by atoms with Crippen molar-refractivity contribution in [3.63, 3.8) is 0 Å². The molecule has 0 atom stereocenters. The van der Waals surface area contributed by atoms with Gasteiger partial charge in [-0.3, -0.25) is 0 Å². The first-order valence-corrected chi connectivity index (χ1v) is 4.18. The van der Waals surface area contributed by atoms with Crippen molar-refractivity contribution in [3.05, 3.63) is 60.2 Å². The van der Waals surface area contributed by atoms with Gasteiger partial charge in [0.15, 0.2) is 0 Å². The average molecular weight is 249 g/mol. The molecule has 1 aliphatic rings. The second kappa shape index (κ2) is 12.8. The zero-order valence-electron chi connectivity index (χ0n) is 10.1. The zero-order valence-corrected chi connectivity index (χ0v) is 8.86. The molecule has 0 aliphatic heterocycles. The van der Waals surface area contributed by atoms with Crippen LogP contribution >= 0.6 is 0 Å². The van der Waals surface area contributed by atoms with Gasteiger partial charge in [0.05, 0.1) is 0 Å². The summed E-state index contributed by atoms with van der Waals surface area (Å²) < 4.78 is 1.40. The second-order valence-electron chi connectivity index (χ2n) is 1.73. The fraction of sp³-hybridized carbons (Fsp3) is 0.0909. The number of hydrogen-bond acceptors (Lipinski definition) is 0. The molecule has 0 nitrogen and oxygen atoms in total. The van der Waals surface area contributed by atoms with Crippen molar-refractivity contribution in [3.8, 4) is 0 Å². The van der Waals surface area contributed by atoms with Crippen molar-refractivity contribution < 1.29 is 22.6 Å². The summed E-state index contributed by atoms with van der Waals surface area (Å²) in [5, 5.41) is 0. The second-order valence-corrected chi connectivity index (χ2v) is 2.85. The molecule has 0 spiro atoms. The van der Waals surface area contributed by atoms with E-state index in [0.717, 1.165) is 6.42 Å². The maximum absolute atomic E-state index is 3.12. The summed E-state index contributed by atoms with van der Waals surface area (Å²) in [5.41, 5.74) is 4.50. The summed E-state index contributed by atoms with van der Waals surface area (Å²) in [6, 6.07) is 0. The average Bonchev–Trinajstić information content (AvgIpc) is 2.43. The summed E-state index contributed by atoms with van der Waals surface area (Å²) in [5.74, 6) is 0. The zero-order chi connectivity index (χ0) is 9.82. The molecule has 0 saturated carbocycles. The molecule has 68 valence electrons. The molecule has 0 aromatic heterocycles. The SMILES string of the molecule is C=C=C.C=C=C.[H-].[H-].[H-].[Ru+3][C]1=CC=CC1. The van der Waals surface area contributed by atoms with E-state index in [1.807, 2.05) is 0 Å². The fourth-order valence-electron chi connectivity index (χ4n) is 0.416. The molecule has 0 fully saturated rings. The molecule has 1 rings (SSSR count). The van der Waals surface area contributed by atoms with E-state index in [1.54, 1.807) is 0 Å². The molecule has 12 heavy (non-hydrogen) atoms.